The molecule has 1 fully saturated rings. The first-order valence-corrected chi connectivity index (χ1v) is 13.8. The van der Waals surface area contributed by atoms with Crippen molar-refractivity contribution in [1.29, 1.82) is 0 Å². The van der Waals surface area contributed by atoms with Crippen LogP contribution >= 0.6 is 11.6 Å². The van der Waals surface area contributed by atoms with Gasteiger partial charge in [0, 0.05) is 25.6 Å². The van der Waals surface area contributed by atoms with Crippen LogP contribution in [0, 0.1) is 0 Å². The van der Waals surface area contributed by atoms with Crippen molar-refractivity contribution in [2.45, 2.75) is 51.2 Å². The van der Waals surface area contributed by atoms with Gasteiger partial charge in [0.25, 0.3) is 0 Å². The summed E-state index contributed by atoms with van der Waals surface area (Å²) in [6.45, 7) is 8.43. The van der Waals surface area contributed by atoms with Gasteiger partial charge in [-0.2, -0.15) is 0 Å². The van der Waals surface area contributed by atoms with Gasteiger partial charge in [-0.05, 0) is 48.6 Å². The summed E-state index contributed by atoms with van der Waals surface area (Å²) in [6, 6.07) is 16.0. The molecular weight excluding hydrogens is 372 g/mol. The van der Waals surface area contributed by atoms with Gasteiger partial charge in [-0.25, -0.2) is 4.98 Å². The molecule has 0 aliphatic heterocycles. The Hall–Kier alpha value is -1.62. The number of benzene rings is 1. The molecule has 2 aromatic heterocycles. The van der Waals surface area contributed by atoms with Gasteiger partial charge in [0.2, 0.25) is 0 Å². The van der Waals surface area contributed by atoms with Gasteiger partial charge in [0.1, 0.15) is 17.5 Å². The normalized spacial score (nSPS) is 14.8. The van der Waals surface area contributed by atoms with E-state index < -0.39 is 8.07 Å². The summed E-state index contributed by atoms with van der Waals surface area (Å²) in [5.41, 5.74) is 4.81. The van der Waals surface area contributed by atoms with Crippen molar-refractivity contribution in [2.24, 2.45) is 0 Å². The number of nitrogens with zero attached hydrogens (tertiary/aromatic N) is 2. The second kappa shape index (κ2) is 7.42. The molecule has 4 rings (SSSR count). The van der Waals surface area contributed by atoms with Gasteiger partial charge < -0.3 is 9.30 Å². The van der Waals surface area contributed by atoms with Gasteiger partial charge in [-0.15, -0.1) is 0 Å². The van der Waals surface area contributed by atoms with Crippen molar-refractivity contribution in [3.05, 3.63) is 53.2 Å². The van der Waals surface area contributed by atoms with Crippen molar-refractivity contribution >= 4 is 30.7 Å². The lowest BCUT2D eigenvalue weighted by molar-refractivity contribution is 0.0909. The van der Waals surface area contributed by atoms with Crippen LogP contribution in [0.2, 0.25) is 30.8 Å². The summed E-state index contributed by atoms with van der Waals surface area (Å²) in [5, 5.41) is 1.62. The second-order valence-corrected chi connectivity index (χ2v) is 14.7. The van der Waals surface area contributed by atoms with E-state index in [0.717, 1.165) is 23.7 Å². The summed E-state index contributed by atoms with van der Waals surface area (Å²) < 4.78 is 8.28. The fourth-order valence-corrected chi connectivity index (χ4v) is 4.37. The molecule has 0 spiro atoms. The van der Waals surface area contributed by atoms with Crippen LogP contribution in [0.1, 0.15) is 24.3 Å². The topological polar surface area (TPSA) is 27.1 Å². The summed E-state index contributed by atoms with van der Waals surface area (Å²) in [7, 11) is -1.11. The molecule has 1 aromatic carbocycles. The van der Waals surface area contributed by atoms with Crippen LogP contribution in [0.25, 0.3) is 22.3 Å². The molecule has 0 N–H and O–H groups in total. The van der Waals surface area contributed by atoms with Crippen LogP contribution in [0.15, 0.2) is 42.5 Å². The maximum absolute atomic E-state index is 6.20. The molecule has 0 unspecified atom stereocenters. The highest BCUT2D eigenvalue weighted by Crippen LogP contribution is 2.45. The largest absolute Gasteiger partial charge is 0.361 e. The summed E-state index contributed by atoms with van der Waals surface area (Å²) in [6.07, 6.45) is 2.57. The molecule has 0 amide bonds. The minimum atomic E-state index is -1.11. The van der Waals surface area contributed by atoms with Gasteiger partial charge in [-0.3, -0.25) is 0 Å². The Morgan fingerprint density at radius 3 is 2.67 bits per heavy atom. The first-order chi connectivity index (χ1) is 12.9. The Morgan fingerprint density at radius 1 is 1.15 bits per heavy atom. The predicted molar refractivity (Wildman–Crippen MR) is 116 cm³/mol. The van der Waals surface area contributed by atoms with Gasteiger partial charge in [0.05, 0.1) is 5.69 Å². The molecule has 1 saturated carbocycles. The third kappa shape index (κ3) is 4.28. The summed E-state index contributed by atoms with van der Waals surface area (Å²) >= 11 is 6.20. The van der Waals surface area contributed by atoms with Crippen molar-refractivity contribution in [2.75, 3.05) is 6.61 Å². The van der Waals surface area contributed by atoms with Crippen LogP contribution in [-0.4, -0.2) is 24.2 Å². The Bertz CT molecular complexity index is 957. The number of aromatic nitrogens is 2. The van der Waals surface area contributed by atoms with E-state index in [9.17, 15) is 0 Å². The molecular formula is C22H27ClN2OSi. The number of fused-ring (bicyclic) bond motifs is 1. The monoisotopic (exact) mass is 398 g/mol. The molecule has 0 atom stereocenters. The van der Waals surface area contributed by atoms with Gasteiger partial charge in [-0.1, -0.05) is 55.5 Å². The number of pyridine rings is 1. The highest BCUT2D eigenvalue weighted by molar-refractivity contribution is 6.76. The molecule has 3 aromatic rings. The smallest absolute Gasteiger partial charge is 0.144 e. The Kier molecular flexibility index (Phi) is 5.15. The standard InChI is InChI=1S/C22H27ClN2OSi/c1-27(2,3)13-12-26-15-25-20(14-17-10-11-21(23)24-22(17)25)19-7-5-4-6-18(19)16-8-9-16/h4-7,10-11,14,16H,8-9,12-13,15H2,1-3H3. The number of rotatable bonds is 7. The average molecular weight is 399 g/mol. The Balaban J connectivity index is 1.72. The van der Waals surface area contributed by atoms with E-state index in [1.54, 1.807) is 0 Å². The molecule has 27 heavy (non-hydrogen) atoms. The Morgan fingerprint density at radius 2 is 1.93 bits per heavy atom. The number of hydrogen-bond acceptors (Lipinski definition) is 2. The van der Waals surface area contributed by atoms with Crippen molar-refractivity contribution in [3.63, 3.8) is 0 Å². The molecule has 0 saturated heterocycles. The highest BCUT2D eigenvalue weighted by Gasteiger charge is 2.27. The van der Waals surface area contributed by atoms with Gasteiger partial charge in [0.15, 0.2) is 0 Å². The third-order valence-electron chi connectivity index (χ3n) is 5.18. The molecule has 3 nitrogen and oxygen atoms in total. The molecule has 2 heterocycles. The van der Waals surface area contributed by atoms with Crippen LogP contribution in [0.5, 0.6) is 0 Å². The maximum atomic E-state index is 6.20. The van der Waals surface area contributed by atoms with Crippen molar-refractivity contribution < 1.29 is 4.74 Å². The van der Waals surface area contributed by atoms with E-state index in [1.807, 2.05) is 12.1 Å². The lowest BCUT2D eigenvalue weighted by Crippen LogP contribution is -2.22. The summed E-state index contributed by atoms with van der Waals surface area (Å²) in [5.74, 6) is 0.692. The lowest BCUT2D eigenvalue weighted by atomic mass is 10.0. The summed E-state index contributed by atoms with van der Waals surface area (Å²) in [4.78, 5) is 4.60. The van der Waals surface area contributed by atoms with E-state index in [1.165, 1.54) is 29.7 Å². The molecule has 0 radical (unpaired) electrons. The van der Waals surface area contributed by atoms with Crippen LogP contribution in [0.3, 0.4) is 0 Å². The zero-order valence-corrected chi connectivity index (χ0v) is 18.1. The zero-order valence-electron chi connectivity index (χ0n) is 16.3. The first-order valence-electron chi connectivity index (χ1n) is 9.75. The third-order valence-corrected chi connectivity index (χ3v) is 7.10. The zero-order chi connectivity index (χ0) is 19.0. The van der Waals surface area contributed by atoms with Crippen molar-refractivity contribution in [3.8, 4) is 11.3 Å². The molecule has 0 bridgehead atoms. The van der Waals surface area contributed by atoms with Crippen LogP contribution in [0.4, 0.5) is 0 Å². The molecule has 5 heteroatoms. The van der Waals surface area contributed by atoms with Crippen LogP contribution < -0.4 is 0 Å². The quantitative estimate of drug-likeness (QED) is 0.256. The fourth-order valence-electron chi connectivity index (χ4n) is 3.47. The number of halogens is 1. The Labute approximate surface area is 167 Å². The second-order valence-electron chi connectivity index (χ2n) is 8.71. The lowest BCUT2D eigenvalue weighted by Gasteiger charge is -2.17. The minimum absolute atomic E-state index is 0.510. The van der Waals surface area contributed by atoms with Crippen molar-refractivity contribution in [1.82, 2.24) is 9.55 Å². The first kappa shape index (κ1) is 18.7. The van der Waals surface area contributed by atoms with E-state index in [2.05, 4.69) is 59.5 Å². The van der Waals surface area contributed by atoms with Gasteiger partial charge >= 0.3 is 0 Å². The SMILES string of the molecule is C[Si](C)(C)CCOCn1c(-c2ccccc2C2CC2)cc2ccc(Cl)nc21. The predicted octanol–water partition coefficient (Wildman–Crippen LogP) is 6.55. The van der Waals surface area contributed by atoms with E-state index in [-0.39, 0.29) is 0 Å². The van der Waals surface area contributed by atoms with E-state index >= 15 is 0 Å². The molecule has 1 aliphatic rings. The maximum Gasteiger partial charge on any atom is 0.144 e. The van der Waals surface area contributed by atoms with E-state index in [0.29, 0.717) is 17.8 Å². The van der Waals surface area contributed by atoms with Crippen LogP contribution in [-0.2, 0) is 11.5 Å². The molecule has 1 aliphatic carbocycles. The number of hydrogen-bond donors (Lipinski definition) is 0. The van der Waals surface area contributed by atoms with E-state index in [4.69, 9.17) is 16.3 Å². The minimum Gasteiger partial charge on any atom is -0.361 e. The fraction of sp³-hybridized carbons (Fsp3) is 0.409. The average Bonchev–Trinajstić information content (AvgIpc) is 3.40. The molecule has 142 valence electrons. The highest BCUT2D eigenvalue weighted by atomic mass is 35.5. The number of ether oxygens (including phenoxy) is 1.